The number of carbonyl (C=O) groups excluding carboxylic acids is 1. The maximum Gasteiger partial charge on any atom is 0.149 e. The van der Waals surface area contributed by atoms with Crippen molar-refractivity contribution in [3.05, 3.63) is 0 Å². The highest BCUT2D eigenvalue weighted by atomic mass is 16.1. The summed E-state index contributed by atoms with van der Waals surface area (Å²) in [5, 5.41) is 0. The predicted molar refractivity (Wildman–Crippen MR) is 57.3 cm³/mol. The molecular weight excluding hydrogens is 174 g/mol. The zero-order chi connectivity index (χ0) is 9.97. The number of hydrogen-bond donors (Lipinski definition) is 0. The van der Waals surface area contributed by atoms with Crippen LogP contribution >= 0.6 is 0 Å². The van der Waals surface area contributed by atoms with Crippen LogP contribution in [0.2, 0.25) is 0 Å². The Morgan fingerprint density at radius 2 is 2.07 bits per heavy atom. The van der Waals surface area contributed by atoms with Crippen LogP contribution in [0.4, 0.5) is 0 Å². The summed E-state index contributed by atoms with van der Waals surface area (Å²) >= 11 is 0. The molecule has 1 atom stereocenters. The SMILES string of the molecule is CCCN(C1CC1)C1CCCCC1=O. The summed E-state index contributed by atoms with van der Waals surface area (Å²) in [6.45, 7) is 3.34. The fourth-order valence-electron chi connectivity index (χ4n) is 2.57. The highest BCUT2D eigenvalue weighted by Gasteiger charge is 2.37. The van der Waals surface area contributed by atoms with Crippen molar-refractivity contribution in [2.24, 2.45) is 0 Å². The standard InChI is InChI=1S/C12H21NO/c1-2-9-13(10-7-8-10)11-5-3-4-6-12(11)14/h10-11H,2-9H2,1H3. The highest BCUT2D eigenvalue weighted by Crippen LogP contribution is 2.32. The van der Waals surface area contributed by atoms with Gasteiger partial charge in [-0.1, -0.05) is 13.3 Å². The quantitative estimate of drug-likeness (QED) is 0.686. The molecule has 2 heteroatoms. The maximum atomic E-state index is 11.8. The molecule has 2 aliphatic rings. The van der Waals surface area contributed by atoms with Gasteiger partial charge < -0.3 is 0 Å². The summed E-state index contributed by atoms with van der Waals surface area (Å²) in [4.78, 5) is 14.3. The third-order valence-electron chi connectivity index (χ3n) is 3.42. The Bertz CT molecular complexity index is 210. The molecule has 0 aromatic heterocycles. The normalized spacial score (nSPS) is 28.4. The summed E-state index contributed by atoms with van der Waals surface area (Å²) in [7, 11) is 0. The van der Waals surface area contributed by atoms with Crippen LogP contribution in [0.25, 0.3) is 0 Å². The Morgan fingerprint density at radius 1 is 1.29 bits per heavy atom. The zero-order valence-electron chi connectivity index (χ0n) is 9.17. The van der Waals surface area contributed by atoms with Gasteiger partial charge in [0.05, 0.1) is 6.04 Å². The lowest BCUT2D eigenvalue weighted by Crippen LogP contribution is -2.44. The molecule has 0 aromatic carbocycles. The molecule has 0 saturated heterocycles. The molecule has 0 heterocycles. The maximum absolute atomic E-state index is 11.8. The Morgan fingerprint density at radius 3 is 2.64 bits per heavy atom. The second kappa shape index (κ2) is 4.43. The van der Waals surface area contributed by atoms with Crippen LogP contribution in [0.15, 0.2) is 0 Å². The van der Waals surface area contributed by atoms with Gasteiger partial charge in [0.1, 0.15) is 5.78 Å². The van der Waals surface area contributed by atoms with Crippen molar-refractivity contribution in [1.29, 1.82) is 0 Å². The molecular formula is C12H21NO. The molecule has 0 spiro atoms. The Kier molecular flexibility index (Phi) is 3.22. The van der Waals surface area contributed by atoms with Crippen molar-refractivity contribution in [3.63, 3.8) is 0 Å². The van der Waals surface area contributed by atoms with Crippen LogP contribution in [-0.4, -0.2) is 29.3 Å². The summed E-state index contributed by atoms with van der Waals surface area (Å²) in [5.74, 6) is 0.511. The molecule has 0 bridgehead atoms. The van der Waals surface area contributed by atoms with Crippen molar-refractivity contribution in [2.45, 2.75) is 64.0 Å². The molecule has 0 amide bonds. The van der Waals surface area contributed by atoms with Crippen molar-refractivity contribution in [3.8, 4) is 0 Å². The van der Waals surface area contributed by atoms with E-state index in [9.17, 15) is 4.79 Å². The molecule has 2 aliphatic carbocycles. The fraction of sp³-hybridized carbons (Fsp3) is 0.917. The van der Waals surface area contributed by atoms with Crippen LogP contribution < -0.4 is 0 Å². The summed E-state index contributed by atoms with van der Waals surface area (Å²) < 4.78 is 0. The van der Waals surface area contributed by atoms with Crippen molar-refractivity contribution in [1.82, 2.24) is 4.90 Å². The van der Waals surface area contributed by atoms with Gasteiger partial charge in [-0.3, -0.25) is 9.69 Å². The molecule has 2 nitrogen and oxygen atoms in total. The van der Waals surface area contributed by atoms with E-state index in [-0.39, 0.29) is 6.04 Å². The smallest absolute Gasteiger partial charge is 0.149 e. The number of hydrogen-bond acceptors (Lipinski definition) is 2. The minimum absolute atomic E-state index is 0.288. The number of nitrogens with zero attached hydrogens (tertiary/aromatic N) is 1. The van der Waals surface area contributed by atoms with E-state index in [1.54, 1.807) is 0 Å². The van der Waals surface area contributed by atoms with Gasteiger partial charge in [0.15, 0.2) is 0 Å². The van der Waals surface area contributed by atoms with Crippen molar-refractivity contribution >= 4 is 5.78 Å². The van der Waals surface area contributed by atoms with Gasteiger partial charge in [0, 0.05) is 12.5 Å². The van der Waals surface area contributed by atoms with Crippen LogP contribution in [0, 0.1) is 0 Å². The molecule has 2 saturated carbocycles. The minimum Gasteiger partial charge on any atom is -0.298 e. The Balaban J connectivity index is 1.96. The van der Waals surface area contributed by atoms with E-state index in [0.717, 1.165) is 31.8 Å². The Hall–Kier alpha value is -0.370. The molecule has 14 heavy (non-hydrogen) atoms. The van der Waals surface area contributed by atoms with Crippen LogP contribution in [0.3, 0.4) is 0 Å². The Labute approximate surface area is 86.7 Å². The summed E-state index contributed by atoms with van der Waals surface area (Å²) in [6.07, 6.45) is 8.16. The van der Waals surface area contributed by atoms with Gasteiger partial charge in [-0.15, -0.1) is 0 Å². The van der Waals surface area contributed by atoms with Gasteiger partial charge in [0.25, 0.3) is 0 Å². The van der Waals surface area contributed by atoms with Gasteiger partial charge in [-0.25, -0.2) is 0 Å². The van der Waals surface area contributed by atoms with Gasteiger partial charge in [-0.2, -0.15) is 0 Å². The van der Waals surface area contributed by atoms with E-state index in [0.29, 0.717) is 5.78 Å². The molecule has 80 valence electrons. The van der Waals surface area contributed by atoms with E-state index < -0.39 is 0 Å². The summed E-state index contributed by atoms with van der Waals surface area (Å²) in [6, 6.07) is 1.04. The zero-order valence-corrected chi connectivity index (χ0v) is 9.17. The largest absolute Gasteiger partial charge is 0.298 e. The second-order valence-corrected chi connectivity index (χ2v) is 4.70. The van der Waals surface area contributed by atoms with Crippen molar-refractivity contribution < 1.29 is 4.79 Å². The second-order valence-electron chi connectivity index (χ2n) is 4.70. The lowest BCUT2D eigenvalue weighted by Gasteiger charge is -2.33. The number of carbonyl (C=O) groups is 1. The molecule has 0 radical (unpaired) electrons. The average Bonchev–Trinajstić information content (AvgIpc) is 2.99. The van der Waals surface area contributed by atoms with E-state index >= 15 is 0 Å². The first kappa shape index (κ1) is 10.2. The molecule has 0 aliphatic heterocycles. The van der Waals surface area contributed by atoms with E-state index in [2.05, 4.69) is 11.8 Å². The van der Waals surface area contributed by atoms with Crippen LogP contribution in [0.5, 0.6) is 0 Å². The lowest BCUT2D eigenvalue weighted by atomic mass is 9.92. The van der Waals surface area contributed by atoms with Crippen LogP contribution in [0.1, 0.15) is 51.9 Å². The predicted octanol–water partition coefficient (Wildman–Crippen LogP) is 2.37. The molecule has 0 aromatic rings. The van der Waals surface area contributed by atoms with Gasteiger partial charge >= 0.3 is 0 Å². The summed E-state index contributed by atoms with van der Waals surface area (Å²) in [5.41, 5.74) is 0. The van der Waals surface area contributed by atoms with E-state index in [1.165, 1.54) is 25.7 Å². The molecule has 1 unspecified atom stereocenters. The number of Topliss-reactive ketones (excluding diaryl/α,β-unsaturated/α-hetero) is 1. The monoisotopic (exact) mass is 195 g/mol. The highest BCUT2D eigenvalue weighted by molar-refractivity contribution is 5.84. The fourth-order valence-corrected chi connectivity index (χ4v) is 2.57. The molecule has 0 N–H and O–H groups in total. The van der Waals surface area contributed by atoms with E-state index in [4.69, 9.17) is 0 Å². The molecule has 2 rings (SSSR count). The lowest BCUT2D eigenvalue weighted by molar-refractivity contribution is -0.126. The minimum atomic E-state index is 0.288. The van der Waals surface area contributed by atoms with Gasteiger partial charge in [0.2, 0.25) is 0 Å². The topological polar surface area (TPSA) is 20.3 Å². The van der Waals surface area contributed by atoms with E-state index in [1.807, 2.05) is 0 Å². The first-order chi connectivity index (χ1) is 6.83. The average molecular weight is 195 g/mol. The molecule has 2 fully saturated rings. The van der Waals surface area contributed by atoms with Crippen molar-refractivity contribution in [2.75, 3.05) is 6.54 Å². The first-order valence-corrected chi connectivity index (χ1v) is 6.11. The first-order valence-electron chi connectivity index (χ1n) is 6.11. The number of ketones is 1. The number of rotatable bonds is 4. The van der Waals surface area contributed by atoms with Crippen LogP contribution in [-0.2, 0) is 4.79 Å². The van der Waals surface area contributed by atoms with Gasteiger partial charge in [-0.05, 0) is 38.6 Å². The third-order valence-corrected chi connectivity index (χ3v) is 3.42. The third kappa shape index (κ3) is 2.17.